The molecule has 0 radical (unpaired) electrons. The summed E-state index contributed by atoms with van der Waals surface area (Å²) in [7, 11) is 0. The van der Waals surface area contributed by atoms with Gasteiger partial charge in [-0.15, -0.1) is 0 Å². The van der Waals surface area contributed by atoms with Crippen molar-refractivity contribution in [3.63, 3.8) is 0 Å². The van der Waals surface area contributed by atoms with Gasteiger partial charge in [0.1, 0.15) is 0 Å². The highest BCUT2D eigenvalue weighted by Gasteiger charge is 1.89. The molecule has 0 bridgehead atoms. The molecule has 0 spiro atoms. The van der Waals surface area contributed by atoms with E-state index >= 15 is 0 Å². The largest absolute Gasteiger partial charge is 0.0837 e. The lowest BCUT2D eigenvalue weighted by Crippen LogP contribution is -1.72. The lowest BCUT2D eigenvalue weighted by molar-refractivity contribution is 1.21. The van der Waals surface area contributed by atoms with Gasteiger partial charge in [-0.25, -0.2) is 0 Å². The Bertz CT molecular complexity index is 132. The zero-order chi connectivity index (χ0) is 7.28. The third-order valence-corrected chi connectivity index (χ3v) is 2.48. The first kappa shape index (κ1) is 9.21. The van der Waals surface area contributed by atoms with E-state index in [2.05, 4.69) is 55.5 Å². The number of hydrogen-bond acceptors (Lipinski definition) is 0. The molecule has 0 aromatic heterocycles. The highest BCUT2D eigenvalue weighted by atomic mass is 127. The lowest BCUT2D eigenvalue weighted by Gasteiger charge is -1.94. The Morgan fingerprint density at radius 1 is 1.56 bits per heavy atom. The number of allylic oxidation sites excluding steroid dienone is 4. The van der Waals surface area contributed by atoms with E-state index in [0.717, 1.165) is 6.42 Å². The third-order valence-electron chi connectivity index (χ3n) is 1.19. The normalized spacial score (nSPS) is 14.2. The van der Waals surface area contributed by atoms with Crippen LogP contribution in [0.5, 0.6) is 0 Å². The van der Waals surface area contributed by atoms with Crippen molar-refractivity contribution in [1.29, 1.82) is 0 Å². The van der Waals surface area contributed by atoms with Crippen LogP contribution in [0.15, 0.2) is 21.3 Å². The van der Waals surface area contributed by atoms with Crippen LogP contribution in [-0.4, -0.2) is 0 Å². The van der Waals surface area contributed by atoms with E-state index in [4.69, 9.17) is 0 Å². The molecular weight excluding hydrogens is 223 g/mol. The molecular formula is C8H13I. The van der Waals surface area contributed by atoms with Crippen molar-refractivity contribution in [2.24, 2.45) is 0 Å². The van der Waals surface area contributed by atoms with Gasteiger partial charge in [0.05, 0.1) is 0 Å². The maximum Gasteiger partial charge on any atom is 0.0116 e. The highest BCUT2D eigenvalue weighted by molar-refractivity contribution is 14.1. The van der Waals surface area contributed by atoms with Crippen molar-refractivity contribution in [2.75, 3.05) is 0 Å². The summed E-state index contributed by atoms with van der Waals surface area (Å²) >= 11 is 2.36. The molecule has 0 fully saturated rings. The van der Waals surface area contributed by atoms with Crippen molar-refractivity contribution in [3.05, 3.63) is 21.3 Å². The SMILES string of the molecule is C/C=C(C)\C(I)=C/CC. The molecule has 0 saturated carbocycles. The Morgan fingerprint density at radius 3 is 2.44 bits per heavy atom. The monoisotopic (exact) mass is 236 g/mol. The van der Waals surface area contributed by atoms with Gasteiger partial charge in [0, 0.05) is 3.58 Å². The number of hydrogen-bond donors (Lipinski definition) is 0. The topological polar surface area (TPSA) is 0 Å². The van der Waals surface area contributed by atoms with Crippen LogP contribution in [-0.2, 0) is 0 Å². The molecule has 0 aromatic carbocycles. The molecule has 0 aliphatic carbocycles. The first-order valence-electron chi connectivity index (χ1n) is 3.21. The molecule has 0 amide bonds. The summed E-state index contributed by atoms with van der Waals surface area (Å²) in [6.07, 6.45) is 5.49. The molecule has 0 rings (SSSR count). The Balaban J connectivity index is 4.03. The van der Waals surface area contributed by atoms with Gasteiger partial charge in [-0.1, -0.05) is 19.1 Å². The summed E-state index contributed by atoms with van der Waals surface area (Å²) in [6, 6.07) is 0. The maximum atomic E-state index is 2.36. The second-order valence-corrected chi connectivity index (χ2v) is 3.09. The summed E-state index contributed by atoms with van der Waals surface area (Å²) in [5, 5.41) is 0. The van der Waals surface area contributed by atoms with Crippen molar-refractivity contribution in [2.45, 2.75) is 27.2 Å². The Morgan fingerprint density at radius 2 is 2.11 bits per heavy atom. The minimum Gasteiger partial charge on any atom is -0.0837 e. The minimum absolute atomic E-state index is 1.13. The quantitative estimate of drug-likeness (QED) is 0.506. The van der Waals surface area contributed by atoms with E-state index in [1.54, 1.807) is 0 Å². The summed E-state index contributed by atoms with van der Waals surface area (Å²) in [5.41, 5.74) is 1.37. The van der Waals surface area contributed by atoms with Crippen molar-refractivity contribution in [1.82, 2.24) is 0 Å². The Hall–Kier alpha value is 0.210. The first-order valence-corrected chi connectivity index (χ1v) is 4.29. The average Bonchev–Trinajstić information content (AvgIpc) is 1.87. The van der Waals surface area contributed by atoms with E-state index in [1.807, 2.05) is 0 Å². The maximum absolute atomic E-state index is 2.36. The van der Waals surface area contributed by atoms with E-state index in [9.17, 15) is 0 Å². The van der Waals surface area contributed by atoms with Gasteiger partial charge < -0.3 is 0 Å². The molecule has 1 heteroatoms. The van der Waals surface area contributed by atoms with Gasteiger partial charge >= 0.3 is 0 Å². The van der Waals surface area contributed by atoms with Crippen LogP contribution in [0.3, 0.4) is 0 Å². The fourth-order valence-corrected chi connectivity index (χ4v) is 1.23. The van der Waals surface area contributed by atoms with E-state index in [1.165, 1.54) is 9.15 Å². The minimum atomic E-state index is 1.13. The number of rotatable bonds is 2. The van der Waals surface area contributed by atoms with E-state index in [0.29, 0.717) is 0 Å². The van der Waals surface area contributed by atoms with Crippen molar-refractivity contribution in [3.8, 4) is 0 Å². The fourth-order valence-electron chi connectivity index (χ4n) is 0.478. The van der Waals surface area contributed by atoms with Crippen LogP contribution in [0.25, 0.3) is 0 Å². The third kappa shape index (κ3) is 3.73. The smallest absolute Gasteiger partial charge is 0.0116 e. The fraction of sp³-hybridized carbons (Fsp3) is 0.500. The summed E-state index contributed by atoms with van der Waals surface area (Å²) in [6.45, 7) is 6.35. The summed E-state index contributed by atoms with van der Waals surface area (Å²) in [5.74, 6) is 0. The second-order valence-electron chi connectivity index (χ2n) is 1.93. The van der Waals surface area contributed by atoms with Gasteiger partial charge in [0.2, 0.25) is 0 Å². The number of halogens is 1. The van der Waals surface area contributed by atoms with Crippen LogP contribution < -0.4 is 0 Å². The molecule has 0 N–H and O–H groups in total. The molecule has 0 saturated heterocycles. The lowest BCUT2D eigenvalue weighted by atomic mass is 10.2. The standard InChI is InChI=1S/C8H13I/c1-4-6-8(9)7(3)5-2/h5-6H,4H2,1-3H3/b7-5-,8-6+. The summed E-state index contributed by atoms with van der Waals surface area (Å²) < 4.78 is 1.37. The van der Waals surface area contributed by atoms with Gasteiger partial charge in [0.25, 0.3) is 0 Å². The molecule has 0 aromatic rings. The predicted octanol–water partition coefficient (Wildman–Crippen LogP) is 3.68. The molecule has 0 unspecified atom stereocenters. The zero-order valence-corrected chi connectivity index (χ0v) is 8.40. The van der Waals surface area contributed by atoms with Crippen molar-refractivity contribution < 1.29 is 0 Å². The summed E-state index contributed by atoms with van der Waals surface area (Å²) in [4.78, 5) is 0. The second kappa shape index (κ2) is 5.03. The molecule has 0 nitrogen and oxygen atoms in total. The van der Waals surface area contributed by atoms with Crippen molar-refractivity contribution >= 4 is 22.6 Å². The van der Waals surface area contributed by atoms with Gasteiger partial charge in [-0.2, -0.15) is 0 Å². The molecule has 9 heavy (non-hydrogen) atoms. The predicted molar refractivity (Wildman–Crippen MR) is 51.8 cm³/mol. The van der Waals surface area contributed by atoms with Gasteiger partial charge in [-0.3, -0.25) is 0 Å². The average molecular weight is 236 g/mol. The van der Waals surface area contributed by atoms with Crippen LogP contribution in [0, 0.1) is 0 Å². The zero-order valence-electron chi connectivity index (χ0n) is 6.24. The van der Waals surface area contributed by atoms with E-state index < -0.39 is 0 Å². The van der Waals surface area contributed by atoms with E-state index in [-0.39, 0.29) is 0 Å². The van der Waals surface area contributed by atoms with Crippen LogP contribution >= 0.6 is 22.6 Å². The molecule has 52 valence electrons. The Kier molecular flexibility index (Phi) is 5.15. The molecule has 0 aliphatic rings. The molecule has 0 aliphatic heterocycles. The van der Waals surface area contributed by atoms with Crippen LogP contribution in [0.4, 0.5) is 0 Å². The van der Waals surface area contributed by atoms with Gasteiger partial charge in [-0.05, 0) is 48.4 Å². The van der Waals surface area contributed by atoms with Crippen LogP contribution in [0.1, 0.15) is 27.2 Å². The molecule has 0 heterocycles. The highest BCUT2D eigenvalue weighted by Crippen LogP contribution is 2.16. The Labute approximate surface area is 71.2 Å². The molecule has 0 atom stereocenters. The van der Waals surface area contributed by atoms with Crippen LogP contribution in [0.2, 0.25) is 0 Å². The van der Waals surface area contributed by atoms with Gasteiger partial charge in [0.15, 0.2) is 0 Å². The first-order chi connectivity index (χ1) is 4.22.